The summed E-state index contributed by atoms with van der Waals surface area (Å²) in [6.07, 6.45) is 1.60. The molecule has 2 saturated carbocycles. The molecule has 0 unspecified atom stereocenters. The number of hydrogen-bond donors (Lipinski definition) is 2. The number of nitrogens with one attached hydrogen (secondary N) is 1. The van der Waals surface area contributed by atoms with Crippen LogP contribution in [0, 0.1) is 11.3 Å². The molecule has 8 heteroatoms. The van der Waals surface area contributed by atoms with Crippen molar-refractivity contribution >= 4 is 29.7 Å². The van der Waals surface area contributed by atoms with Crippen LogP contribution >= 0.6 is 11.8 Å². The molecule has 1 aliphatic heterocycles. The highest BCUT2D eigenvalue weighted by Crippen LogP contribution is 2.64. The Labute approximate surface area is 201 Å². The van der Waals surface area contributed by atoms with Crippen LogP contribution in [0.15, 0.2) is 48.5 Å². The summed E-state index contributed by atoms with van der Waals surface area (Å²) in [5.74, 6) is 0.0606. The Bertz CT molecular complexity index is 1140. The Balaban J connectivity index is 1.07. The number of thioether (sulfide) groups is 1. The van der Waals surface area contributed by atoms with Gasteiger partial charge in [0.05, 0.1) is 11.3 Å². The number of benzene rings is 2. The monoisotopic (exact) mass is 478 g/mol. The third-order valence-corrected chi connectivity index (χ3v) is 8.94. The molecule has 2 N–H and O–H groups in total. The van der Waals surface area contributed by atoms with E-state index in [0.29, 0.717) is 18.1 Å². The zero-order valence-corrected chi connectivity index (χ0v) is 19.4. The molecule has 3 aliphatic carbocycles. The summed E-state index contributed by atoms with van der Waals surface area (Å²) in [5.41, 5.74) is 4.19. The van der Waals surface area contributed by atoms with Crippen molar-refractivity contribution in [3.05, 3.63) is 59.7 Å². The van der Waals surface area contributed by atoms with Gasteiger partial charge in [0, 0.05) is 17.7 Å². The lowest BCUT2D eigenvalue weighted by Crippen LogP contribution is -2.46. The van der Waals surface area contributed by atoms with E-state index in [1.807, 2.05) is 24.3 Å². The average molecular weight is 479 g/mol. The largest absolute Gasteiger partial charge is 0.480 e. The van der Waals surface area contributed by atoms with Crippen molar-refractivity contribution in [3.63, 3.8) is 0 Å². The van der Waals surface area contributed by atoms with Gasteiger partial charge >= 0.3 is 12.1 Å². The maximum absolute atomic E-state index is 13.2. The molecule has 2 aromatic carbocycles. The minimum Gasteiger partial charge on any atom is -0.480 e. The number of amides is 2. The molecule has 176 valence electrons. The quantitative estimate of drug-likeness (QED) is 0.681. The normalized spacial score (nSPS) is 28.7. The van der Waals surface area contributed by atoms with Crippen molar-refractivity contribution in [2.75, 3.05) is 18.2 Å². The van der Waals surface area contributed by atoms with E-state index < -0.39 is 23.5 Å². The van der Waals surface area contributed by atoms with Crippen LogP contribution in [0.4, 0.5) is 4.79 Å². The molecule has 0 spiro atoms. The first-order chi connectivity index (χ1) is 16.5. The van der Waals surface area contributed by atoms with Crippen LogP contribution in [-0.4, -0.2) is 58.3 Å². The number of fused-ring (bicyclic) bond motifs is 4. The highest BCUT2D eigenvalue weighted by molar-refractivity contribution is 7.99. The van der Waals surface area contributed by atoms with E-state index in [4.69, 9.17) is 4.74 Å². The van der Waals surface area contributed by atoms with Crippen LogP contribution in [-0.2, 0) is 14.3 Å². The molecule has 1 saturated heterocycles. The molecule has 7 nitrogen and oxygen atoms in total. The van der Waals surface area contributed by atoms with Crippen LogP contribution in [0.1, 0.15) is 36.3 Å². The van der Waals surface area contributed by atoms with Gasteiger partial charge in [-0.1, -0.05) is 48.5 Å². The molecular formula is C26H26N2O5S. The van der Waals surface area contributed by atoms with Crippen molar-refractivity contribution < 1.29 is 24.2 Å². The van der Waals surface area contributed by atoms with Gasteiger partial charge in [0.2, 0.25) is 5.91 Å². The summed E-state index contributed by atoms with van der Waals surface area (Å²) in [7, 11) is 0. The summed E-state index contributed by atoms with van der Waals surface area (Å²) in [6.45, 7) is 0.255. The van der Waals surface area contributed by atoms with E-state index in [1.54, 1.807) is 0 Å². The first-order valence-corrected chi connectivity index (χ1v) is 12.9. The molecule has 2 aromatic rings. The Hall–Kier alpha value is -3.00. The maximum Gasteiger partial charge on any atom is 0.407 e. The van der Waals surface area contributed by atoms with Crippen molar-refractivity contribution in [2.24, 2.45) is 11.3 Å². The molecule has 0 bridgehead atoms. The molecule has 34 heavy (non-hydrogen) atoms. The molecule has 4 atom stereocenters. The van der Waals surface area contributed by atoms with E-state index in [9.17, 15) is 19.5 Å². The lowest BCUT2D eigenvalue weighted by atomic mass is 9.98. The number of aliphatic carboxylic acids is 1. The standard InChI is InChI=1S/C26H26N2O5S/c29-23(30)22-13-34-14-28(22)24(31)26-10-15(26)9-16(11-26)27-25(32)33-12-21-19-7-3-1-5-17(19)18-6-2-4-8-20(18)21/h1-8,15-16,21-22H,9-14H2,(H,27,32)(H,29,30)/t15-,16+,22+,26+/m1/s1. The predicted molar refractivity (Wildman–Crippen MR) is 127 cm³/mol. The fourth-order valence-corrected chi connectivity index (χ4v) is 7.35. The Morgan fingerprint density at radius 2 is 1.74 bits per heavy atom. The summed E-state index contributed by atoms with van der Waals surface area (Å²) in [6, 6.07) is 15.6. The van der Waals surface area contributed by atoms with Gasteiger partial charge in [0.25, 0.3) is 0 Å². The lowest BCUT2D eigenvalue weighted by molar-refractivity contribution is -0.150. The molecule has 0 radical (unpaired) electrons. The van der Waals surface area contributed by atoms with Crippen molar-refractivity contribution in [2.45, 2.75) is 37.3 Å². The minimum absolute atomic E-state index is 0.00340. The minimum atomic E-state index is -0.946. The zero-order valence-electron chi connectivity index (χ0n) is 18.6. The third kappa shape index (κ3) is 3.38. The van der Waals surface area contributed by atoms with E-state index >= 15 is 0 Å². The number of ether oxygens (including phenoxy) is 1. The lowest BCUT2D eigenvalue weighted by Gasteiger charge is -2.26. The van der Waals surface area contributed by atoms with Gasteiger partial charge in [-0.2, -0.15) is 0 Å². The van der Waals surface area contributed by atoms with Crippen LogP contribution in [0.2, 0.25) is 0 Å². The van der Waals surface area contributed by atoms with E-state index in [0.717, 1.165) is 12.8 Å². The van der Waals surface area contributed by atoms with E-state index in [1.165, 1.54) is 38.9 Å². The average Bonchev–Trinajstić information content (AvgIpc) is 3.18. The molecule has 2 amide bonds. The SMILES string of the molecule is O=C(N[C@H]1C[C@@H]2C[C@]2(C(=O)N2CSC[C@H]2C(=O)O)C1)OCC1c2ccccc2-c2ccccc21. The van der Waals surface area contributed by atoms with Crippen molar-refractivity contribution in [1.82, 2.24) is 10.2 Å². The second kappa shape index (κ2) is 8.05. The van der Waals surface area contributed by atoms with Crippen LogP contribution in [0.5, 0.6) is 0 Å². The Morgan fingerprint density at radius 1 is 1.06 bits per heavy atom. The van der Waals surface area contributed by atoms with Crippen molar-refractivity contribution in [1.29, 1.82) is 0 Å². The smallest absolute Gasteiger partial charge is 0.407 e. The summed E-state index contributed by atoms with van der Waals surface area (Å²) >= 11 is 1.48. The van der Waals surface area contributed by atoms with E-state index in [2.05, 4.69) is 29.6 Å². The topological polar surface area (TPSA) is 95.9 Å². The molecule has 4 aliphatic rings. The Morgan fingerprint density at radius 3 is 2.41 bits per heavy atom. The number of nitrogens with zero attached hydrogens (tertiary/aromatic N) is 1. The number of alkyl carbamates (subject to hydrolysis) is 1. The molecule has 3 fully saturated rings. The maximum atomic E-state index is 13.2. The predicted octanol–water partition coefficient (Wildman–Crippen LogP) is 3.68. The number of carbonyl (C=O) groups excluding carboxylic acids is 2. The molecular weight excluding hydrogens is 452 g/mol. The number of carbonyl (C=O) groups is 3. The number of carboxylic acids is 1. The van der Waals surface area contributed by atoms with Gasteiger partial charge in [-0.25, -0.2) is 9.59 Å². The van der Waals surface area contributed by atoms with E-state index in [-0.39, 0.29) is 30.4 Å². The molecule has 1 heterocycles. The highest BCUT2D eigenvalue weighted by Gasteiger charge is 2.67. The number of carboxylic acid groups (broad SMARTS) is 1. The number of hydrogen-bond acceptors (Lipinski definition) is 5. The Kier molecular flexibility index (Phi) is 5.09. The highest BCUT2D eigenvalue weighted by atomic mass is 32.2. The van der Waals surface area contributed by atoms with Crippen LogP contribution < -0.4 is 5.32 Å². The van der Waals surface area contributed by atoms with Crippen LogP contribution in [0.25, 0.3) is 11.1 Å². The third-order valence-electron chi connectivity index (χ3n) is 7.93. The zero-order chi connectivity index (χ0) is 23.4. The van der Waals surface area contributed by atoms with Gasteiger partial charge in [-0.05, 0) is 47.4 Å². The fourth-order valence-electron chi connectivity index (χ4n) is 6.21. The fraction of sp³-hybridized carbons (Fsp3) is 0.423. The van der Waals surface area contributed by atoms with Gasteiger partial charge < -0.3 is 20.1 Å². The summed E-state index contributed by atoms with van der Waals surface area (Å²) < 4.78 is 5.67. The van der Waals surface area contributed by atoms with Gasteiger partial charge in [-0.15, -0.1) is 11.8 Å². The molecule has 6 rings (SSSR count). The van der Waals surface area contributed by atoms with Crippen LogP contribution in [0.3, 0.4) is 0 Å². The van der Waals surface area contributed by atoms with Gasteiger partial charge in [-0.3, -0.25) is 4.79 Å². The first-order valence-electron chi connectivity index (χ1n) is 11.7. The van der Waals surface area contributed by atoms with Gasteiger partial charge in [0.1, 0.15) is 12.6 Å². The van der Waals surface area contributed by atoms with Crippen molar-refractivity contribution in [3.8, 4) is 11.1 Å². The second-order valence-corrected chi connectivity index (χ2v) is 10.8. The molecule has 0 aromatic heterocycles. The first kappa shape index (κ1) is 21.5. The summed E-state index contributed by atoms with van der Waals surface area (Å²) in [5, 5.41) is 12.4. The van der Waals surface area contributed by atoms with Gasteiger partial charge in [0.15, 0.2) is 0 Å². The summed E-state index contributed by atoms with van der Waals surface area (Å²) in [4.78, 5) is 38.9. The second-order valence-electron chi connectivity index (χ2n) is 9.79. The number of rotatable bonds is 5.